The van der Waals surface area contributed by atoms with Gasteiger partial charge in [0.1, 0.15) is 6.10 Å². The van der Waals surface area contributed by atoms with Gasteiger partial charge in [-0.05, 0) is 19.9 Å². The lowest BCUT2D eigenvalue weighted by Crippen LogP contribution is -2.07. The van der Waals surface area contributed by atoms with Crippen LogP contribution in [0.15, 0.2) is 24.3 Å². The van der Waals surface area contributed by atoms with E-state index in [2.05, 4.69) is 0 Å². The molecule has 0 spiro atoms. The second-order valence-electron chi connectivity index (χ2n) is 4.53. The van der Waals surface area contributed by atoms with Crippen LogP contribution in [-0.2, 0) is 0 Å². The summed E-state index contributed by atoms with van der Waals surface area (Å²) in [7, 11) is 0. The fraction of sp³-hybridized carbons (Fsp3) is 0.214. The number of rotatable bonds is 5. The SMILES string of the molecule is Cc1c([N+](=O)[O-])sc(C(=O)O)c1O[C@H](C)c1ccccc1Cl. The molecule has 2 rings (SSSR count). The first kappa shape index (κ1) is 16.3. The van der Waals surface area contributed by atoms with E-state index in [0.717, 1.165) is 0 Å². The van der Waals surface area contributed by atoms with Crippen LogP contribution in [0.2, 0.25) is 5.02 Å². The number of benzene rings is 1. The summed E-state index contributed by atoms with van der Waals surface area (Å²) in [5.41, 5.74) is 0.875. The van der Waals surface area contributed by atoms with Gasteiger partial charge in [-0.25, -0.2) is 4.79 Å². The number of nitrogens with zero attached hydrogens (tertiary/aromatic N) is 1. The molecule has 1 aromatic carbocycles. The van der Waals surface area contributed by atoms with Crippen molar-refractivity contribution in [3.05, 3.63) is 55.4 Å². The molecule has 0 aliphatic rings. The third-order valence-corrected chi connectivity index (χ3v) is 4.62. The number of nitro groups is 1. The molecule has 0 aliphatic heterocycles. The first-order valence-electron chi connectivity index (χ1n) is 6.25. The molecule has 0 saturated heterocycles. The molecular formula is C14H12ClNO5S. The van der Waals surface area contributed by atoms with Gasteiger partial charge in [0.25, 0.3) is 0 Å². The van der Waals surface area contributed by atoms with Crippen LogP contribution in [0.4, 0.5) is 5.00 Å². The van der Waals surface area contributed by atoms with Crippen LogP contribution in [-0.4, -0.2) is 16.0 Å². The highest BCUT2D eigenvalue weighted by Crippen LogP contribution is 2.42. The fourth-order valence-electron chi connectivity index (χ4n) is 1.99. The maximum Gasteiger partial charge on any atom is 0.349 e. The van der Waals surface area contributed by atoms with E-state index in [-0.39, 0.29) is 21.2 Å². The van der Waals surface area contributed by atoms with Crippen LogP contribution >= 0.6 is 22.9 Å². The number of thiophene rings is 1. The Hall–Kier alpha value is -2.12. The molecule has 1 heterocycles. The van der Waals surface area contributed by atoms with E-state index in [1.54, 1.807) is 31.2 Å². The fourth-order valence-corrected chi connectivity index (χ4v) is 3.17. The van der Waals surface area contributed by atoms with Crippen LogP contribution in [0.1, 0.15) is 33.8 Å². The minimum absolute atomic E-state index is 0.0108. The Morgan fingerprint density at radius 2 is 2.09 bits per heavy atom. The zero-order chi connectivity index (χ0) is 16.4. The molecular weight excluding hydrogens is 330 g/mol. The van der Waals surface area contributed by atoms with E-state index in [1.165, 1.54) is 6.92 Å². The van der Waals surface area contributed by atoms with Gasteiger partial charge in [-0.15, -0.1) is 0 Å². The third kappa shape index (κ3) is 3.05. The Bertz CT molecular complexity index is 743. The largest absolute Gasteiger partial charge is 0.484 e. The molecule has 22 heavy (non-hydrogen) atoms. The molecule has 8 heteroatoms. The standard InChI is InChI=1S/C14H12ClNO5S/c1-7-11(12(14(17)18)22-13(7)16(19)20)21-8(2)9-5-3-4-6-10(9)15/h3-6,8H,1-2H3,(H,17,18)/t8-/m1/s1. The zero-order valence-electron chi connectivity index (χ0n) is 11.7. The van der Waals surface area contributed by atoms with Gasteiger partial charge in [-0.2, -0.15) is 0 Å². The van der Waals surface area contributed by atoms with Crippen molar-refractivity contribution in [2.24, 2.45) is 0 Å². The second kappa shape index (κ2) is 6.33. The normalized spacial score (nSPS) is 12.0. The van der Waals surface area contributed by atoms with E-state index in [4.69, 9.17) is 16.3 Å². The lowest BCUT2D eigenvalue weighted by Gasteiger charge is -2.16. The van der Waals surface area contributed by atoms with Gasteiger partial charge in [0.2, 0.25) is 0 Å². The molecule has 6 nitrogen and oxygen atoms in total. The quantitative estimate of drug-likeness (QED) is 0.640. The van der Waals surface area contributed by atoms with E-state index >= 15 is 0 Å². The van der Waals surface area contributed by atoms with E-state index in [0.29, 0.717) is 21.9 Å². The summed E-state index contributed by atoms with van der Waals surface area (Å²) < 4.78 is 5.68. The van der Waals surface area contributed by atoms with Gasteiger partial charge >= 0.3 is 11.0 Å². The van der Waals surface area contributed by atoms with Gasteiger partial charge < -0.3 is 9.84 Å². The predicted molar refractivity (Wildman–Crippen MR) is 83.2 cm³/mol. The van der Waals surface area contributed by atoms with E-state index < -0.39 is 17.0 Å². The molecule has 0 bridgehead atoms. The highest BCUT2D eigenvalue weighted by molar-refractivity contribution is 7.17. The molecule has 1 N–H and O–H groups in total. The summed E-state index contributed by atoms with van der Waals surface area (Å²) in [5.74, 6) is -1.25. The number of carbonyl (C=O) groups is 1. The van der Waals surface area contributed by atoms with E-state index in [1.807, 2.05) is 0 Å². The molecule has 0 amide bonds. The van der Waals surface area contributed by atoms with Crippen molar-refractivity contribution < 1.29 is 19.6 Å². The number of aromatic carboxylic acids is 1. The van der Waals surface area contributed by atoms with Crippen molar-refractivity contribution in [2.45, 2.75) is 20.0 Å². The number of ether oxygens (including phenoxy) is 1. The van der Waals surface area contributed by atoms with Crippen LogP contribution in [0.3, 0.4) is 0 Å². The summed E-state index contributed by atoms with van der Waals surface area (Å²) in [6, 6.07) is 6.99. The van der Waals surface area contributed by atoms with Crippen molar-refractivity contribution in [1.82, 2.24) is 0 Å². The lowest BCUT2D eigenvalue weighted by atomic mass is 10.1. The minimum atomic E-state index is -1.26. The van der Waals surface area contributed by atoms with Gasteiger partial charge in [-0.3, -0.25) is 10.1 Å². The van der Waals surface area contributed by atoms with E-state index in [9.17, 15) is 20.0 Å². The smallest absolute Gasteiger partial charge is 0.349 e. The molecule has 0 unspecified atom stereocenters. The monoisotopic (exact) mass is 341 g/mol. The number of hydrogen-bond donors (Lipinski definition) is 1. The molecule has 0 fully saturated rings. The first-order chi connectivity index (χ1) is 10.3. The number of halogens is 1. The van der Waals surface area contributed by atoms with Crippen molar-refractivity contribution in [3.63, 3.8) is 0 Å². The first-order valence-corrected chi connectivity index (χ1v) is 7.44. The topological polar surface area (TPSA) is 89.7 Å². The average molecular weight is 342 g/mol. The lowest BCUT2D eigenvalue weighted by molar-refractivity contribution is -0.380. The number of carboxylic acids is 1. The minimum Gasteiger partial charge on any atom is -0.484 e. The summed E-state index contributed by atoms with van der Waals surface area (Å²) in [6.07, 6.45) is -0.542. The maximum absolute atomic E-state index is 11.3. The van der Waals surface area contributed by atoms with Crippen molar-refractivity contribution >= 4 is 33.9 Å². The molecule has 1 atom stereocenters. The highest BCUT2D eigenvalue weighted by atomic mass is 35.5. The van der Waals surface area contributed by atoms with Crippen LogP contribution < -0.4 is 4.74 Å². The van der Waals surface area contributed by atoms with Crippen LogP contribution in [0.25, 0.3) is 0 Å². The second-order valence-corrected chi connectivity index (χ2v) is 5.94. The Kier molecular flexibility index (Phi) is 4.68. The number of carboxylic acid groups (broad SMARTS) is 1. The average Bonchev–Trinajstić information content (AvgIpc) is 2.77. The van der Waals surface area contributed by atoms with Gasteiger partial charge in [0.15, 0.2) is 10.6 Å². The van der Waals surface area contributed by atoms with Crippen LogP contribution in [0.5, 0.6) is 5.75 Å². The Balaban J connectivity index is 2.42. The summed E-state index contributed by atoms with van der Waals surface area (Å²) in [6.45, 7) is 3.17. The summed E-state index contributed by atoms with van der Waals surface area (Å²) >= 11 is 6.67. The Morgan fingerprint density at radius 1 is 1.45 bits per heavy atom. The van der Waals surface area contributed by atoms with Crippen molar-refractivity contribution in [2.75, 3.05) is 0 Å². The van der Waals surface area contributed by atoms with Gasteiger partial charge in [0, 0.05) is 10.6 Å². The molecule has 0 aliphatic carbocycles. The zero-order valence-corrected chi connectivity index (χ0v) is 13.3. The molecule has 2 aromatic rings. The molecule has 0 saturated carbocycles. The molecule has 0 radical (unpaired) electrons. The predicted octanol–water partition coefficient (Wildman–Crippen LogP) is 4.46. The maximum atomic E-state index is 11.3. The Morgan fingerprint density at radius 3 is 2.64 bits per heavy atom. The number of hydrogen-bond acceptors (Lipinski definition) is 5. The third-order valence-electron chi connectivity index (χ3n) is 3.06. The summed E-state index contributed by atoms with van der Waals surface area (Å²) in [5, 5.41) is 20.4. The Labute approximate surface area is 135 Å². The van der Waals surface area contributed by atoms with Crippen LogP contribution in [0, 0.1) is 17.0 Å². The molecule has 1 aromatic heterocycles. The van der Waals surface area contributed by atoms with Crippen molar-refractivity contribution in [3.8, 4) is 5.75 Å². The highest BCUT2D eigenvalue weighted by Gasteiger charge is 2.29. The molecule has 116 valence electrons. The van der Waals surface area contributed by atoms with Gasteiger partial charge in [0.05, 0.1) is 10.5 Å². The summed E-state index contributed by atoms with van der Waals surface area (Å²) in [4.78, 5) is 21.4. The van der Waals surface area contributed by atoms with Crippen molar-refractivity contribution in [1.29, 1.82) is 0 Å². The van der Waals surface area contributed by atoms with Gasteiger partial charge in [-0.1, -0.05) is 41.1 Å².